The summed E-state index contributed by atoms with van der Waals surface area (Å²) in [7, 11) is 0. The van der Waals surface area contributed by atoms with Gasteiger partial charge in [-0.1, -0.05) is 19.3 Å². The maximum absolute atomic E-state index is 11.7. The Bertz CT molecular complexity index is 261. The van der Waals surface area contributed by atoms with Gasteiger partial charge in [-0.2, -0.15) is 0 Å². The lowest BCUT2D eigenvalue weighted by molar-refractivity contribution is -0.00195. The van der Waals surface area contributed by atoms with E-state index >= 15 is 0 Å². The molecule has 2 rings (SSSR count). The minimum Gasteiger partial charge on any atom is -0.445 e. The number of rotatable bonds is 3. The van der Waals surface area contributed by atoms with Crippen LogP contribution in [0.3, 0.4) is 0 Å². The zero-order valence-corrected chi connectivity index (χ0v) is 11.2. The Labute approximate surface area is 109 Å². The van der Waals surface area contributed by atoms with Crippen molar-refractivity contribution in [2.75, 3.05) is 26.3 Å². The van der Waals surface area contributed by atoms with Crippen molar-refractivity contribution in [1.82, 2.24) is 10.4 Å². The second-order valence-electron chi connectivity index (χ2n) is 5.22. The lowest BCUT2D eigenvalue weighted by Crippen LogP contribution is -2.49. The lowest BCUT2D eigenvalue weighted by atomic mass is 9.86. The first-order valence-corrected chi connectivity index (χ1v) is 7.05. The number of ether oxygens (including phenoxy) is 2. The summed E-state index contributed by atoms with van der Waals surface area (Å²) in [6.45, 7) is 4.80. The van der Waals surface area contributed by atoms with Crippen LogP contribution in [0, 0.1) is 5.92 Å². The zero-order chi connectivity index (χ0) is 12.8. The van der Waals surface area contributed by atoms with E-state index in [2.05, 4.69) is 5.43 Å². The molecular weight excluding hydrogens is 232 g/mol. The summed E-state index contributed by atoms with van der Waals surface area (Å²) < 4.78 is 10.7. The quantitative estimate of drug-likeness (QED) is 0.838. The predicted molar refractivity (Wildman–Crippen MR) is 68.0 cm³/mol. The molecule has 1 amide bonds. The molecule has 18 heavy (non-hydrogen) atoms. The molecule has 1 saturated carbocycles. The highest BCUT2D eigenvalue weighted by Gasteiger charge is 2.24. The molecule has 0 bridgehead atoms. The van der Waals surface area contributed by atoms with E-state index in [0.29, 0.717) is 19.1 Å². The molecule has 2 fully saturated rings. The second kappa shape index (κ2) is 6.95. The molecule has 0 spiro atoms. The van der Waals surface area contributed by atoms with E-state index < -0.39 is 0 Å². The van der Waals surface area contributed by atoms with Gasteiger partial charge in [-0.25, -0.2) is 9.80 Å². The number of carbonyl (C=O) groups excluding carboxylic acids is 1. The fourth-order valence-corrected chi connectivity index (χ4v) is 2.70. The standard InChI is InChI=1S/C13H24N2O3/c1-11(12-5-3-2-4-6-12)18-13(16)14-15-7-9-17-10-8-15/h11-12H,2-10H2,1H3,(H,14,16). The fraction of sp³-hybridized carbons (Fsp3) is 0.923. The molecular formula is C13H24N2O3. The summed E-state index contributed by atoms with van der Waals surface area (Å²) in [5.41, 5.74) is 2.78. The molecule has 1 atom stereocenters. The number of amides is 1. The van der Waals surface area contributed by atoms with E-state index in [1.165, 1.54) is 32.1 Å². The first-order chi connectivity index (χ1) is 8.75. The minimum absolute atomic E-state index is 0.0198. The van der Waals surface area contributed by atoms with E-state index in [4.69, 9.17) is 9.47 Å². The number of morpholine rings is 1. The van der Waals surface area contributed by atoms with Crippen molar-refractivity contribution in [3.05, 3.63) is 0 Å². The van der Waals surface area contributed by atoms with Gasteiger partial charge < -0.3 is 9.47 Å². The van der Waals surface area contributed by atoms with Crippen LogP contribution in [0.2, 0.25) is 0 Å². The summed E-state index contributed by atoms with van der Waals surface area (Å²) in [6.07, 6.45) is 5.93. The Balaban J connectivity index is 1.68. The third-order valence-electron chi connectivity index (χ3n) is 3.87. The van der Waals surface area contributed by atoms with Crippen molar-refractivity contribution in [2.24, 2.45) is 5.92 Å². The Kier molecular flexibility index (Phi) is 5.26. The smallest absolute Gasteiger partial charge is 0.422 e. The van der Waals surface area contributed by atoms with Gasteiger partial charge in [0.25, 0.3) is 0 Å². The minimum atomic E-state index is -0.324. The molecule has 2 aliphatic rings. The van der Waals surface area contributed by atoms with Gasteiger partial charge in [0, 0.05) is 13.1 Å². The van der Waals surface area contributed by atoms with Crippen LogP contribution in [0.25, 0.3) is 0 Å². The van der Waals surface area contributed by atoms with Crippen LogP contribution in [0.1, 0.15) is 39.0 Å². The first-order valence-electron chi connectivity index (χ1n) is 7.05. The molecule has 0 aromatic carbocycles. The maximum atomic E-state index is 11.7. The summed E-state index contributed by atoms with van der Waals surface area (Å²) in [5.74, 6) is 0.536. The van der Waals surface area contributed by atoms with Gasteiger partial charge in [0.2, 0.25) is 0 Å². The number of hydrazine groups is 1. The van der Waals surface area contributed by atoms with Crippen molar-refractivity contribution in [3.63, 3.8) is 0 Å². The molecule has 0 radical (unpaired) electrons. The zero-order valence-electron chi connectivity index (χ0n) is 11.2. The van der Waals surface area contributed by atoms with Gasteiger partial charge in [0.05, 0.1) is 13.2 Å². The van der Waals surface area contributed by atoms with Gasteiger partial charge in [-0.05, 0) is 25.7 Å². The van der Waals surface area contributed by atoms with Crippen LogP contribution < -0.4 is 5.43 Å². The average Bonchev–Trinajstić information content (AvgIpc) is 2.40. The van der Waals surface area contributed by atoms with Crippen LogP contribution in [0.4, 0.5) is 4.79 Å². The largest absolute Gasteiger partial charge is 0.445 e. The molecule has 1 saturated heterocycles. The van der Waals surface area contributed by atoms with Crippen LogP contribution >= 0.6 is 0 Å². The maximum Gasteiger partial charge on any atom is 0.422 e. The van der Waals surface area contributed by atoms with Crippen LogP contribution in [-0.2, 0) is 9.47 Å². The molecule has 1 heterocycles. The number of nitrogens with one attached hydrogen (secondary N) is 1. The number of hydrogen-bond donors (Lipinski definition) is 1. The second-order valence-corrected chi connectivity index (χ2v) is 5.22. The Hall–Kier alpha value is -0.810. The van der Waals surface area contributed by atoms with Gasteiger partial charge in [0.1, 0.15) is 6.10 Å². The molecule has 1 unspecified atom stereocenters. The van der Waals surface area contributed by atoms with E-state index in [0.717, 1.165) is 13.1 Å². The van der Waals surface area contributed by atoms with Crippen molar-refractivity contribution in [2.45, 2.75) is 45.1 Å². The number of carbonyl (C=O) groups is 1. The molecule has 1 aliphatic heterocycles. The van der Waals surface area contributed by atoms with Crippen LogP contribution in [-0.4, -0.2) is 43.5 Å². The molecule has 5 nitrogen and oxygen atoms in total. The average molecular weight is 256 g/mol. The van der Waals surface area contributed by atoms with Crippen molar-refractivity contribution in [3.8, 4) is 0 Å². The molecule has 104 valence electrons. The van der Waals surface area contributed by atoms with Gasteiger partial charge >= 0.3 is 6.09 Å². The summed E-state index contributed by atoms with van der Waals surface area (Å²) in [4.78, 5) is 11.7. The predicted octanol–water partition coefficient (Wildman–Crippen LogP) is 1.93. The number of hydrogen-bond acceptors (Lipinski definition) is 4. The van der Waals surface area contributed by atoms with Crippen LogP contribution in [0.15, 0.2) is 0 Å². The Morgan fingerprint density at radius 3 is 2.61 bits per heavy atom. The normalized spacial score (nSPS) is 24.5. The highest BCUT2D eigenvalue weighted by molar-refractivity contribution is 5.66. The third kappa shape index (κ3) is 4.14. The van der Waals surface area contributed by atoms with Gasteiger partial charge in [0.15, 0.2) is 0 Å². The Morgan fingerprint density at radius 1 is 1.28 bits per heavy atom. The van der Waals surface area contributed by atoms with Gasteiger partial charge in [-0.15, -0.1) is 0 Å². The molecule has 5 heteroatoms. The van der Waals surface area contributed by atoms with Crippen molar-refractivity contribution < 1.29 is 14.3 Å². The molecule has 1 aliphatic carbocycles. The van der Waals surface area contributed by atoms with Crippen molar-refractivity contribution >= 4 is 6.09 Å². The highest BCUT2D eigenvalue weighted by Crippen LogP contribution is 2.27. The fourth-order valence-electron chi connectivity index (χ4n) is 2.70. The van der Waals surface area contributed by atoms with E-state index in [1.54, 1.807) is 0 Å². The molecule has 0 aromatic rings. The van der Waals surface area contributed by atoms with Crippen molar-refractivity contribution in [1.29, 1.82) is 0 Å². The third-order valence-corrected chi connectivity index (χ3v) is 3.87. The van der Waals surface area contributed by atoms with E-state index in [1.807, 2.05) is 11.9 Å². The summed E-state index contributed by atoms with van der Waals surface area (Å²) >= 11 is 0. The first kappa shape index (κ1) is 13.6. The lowest BCUT2D eigenvalue weighted by Gasteiger charge is -2.30. The van der Waals surface area contributed by atoms with Gasteiger partial charge in [-0.3, -0.25) is 5.43 Å². The SMILES string of the molecule is CC(OC(=O)NN1CCOCC1)C1CCCCC1. The Morgan fingerprint density at radius 2 is 1.94 bits per heavy atom. The topological polar surface area (TPSA) is 50.8 Å². The summed E-state index contributed by atoms with van der Waals surface area (Å²) in [5, 5.41) is 1.86. The van der Waals surface area contributed by atoms with Crippen LogP contribution in [0.5, 0.6) is 0 Å². The van der Waals surface area contributed by atoms with E-state index in [9.17, 15) is 4.79 Å². The molecule has 1 N–H and O–H groups in total. The number of nitrogens with zero attached hydrogens (tertiary/aromatic N) is 1. The monoisotopic (exact) mass is 256 g/mol. The van der Waals surface area contributed by atoms with E-state index in [-0.39, 0.29) is 12.2 Å². The highest BCUT2D eigenvalue weighted by atomic mass is 16.6. The summed E-state index contributed by atoms with van der Waals surface area (Å²) in [6, 6.07) is 0. The molecule has 0 aromatic heterocycles.